The summed E-state index contributed by atoms with van der Waals surface area (Å²) in [5, 5.41) is 3.06. The summed E-state index contributed by atoms with van der Waals surface area (Å²) in [4.78, 5) is 19.0. The third kappa shape index (κ3) is 5.66. The maximum atomic E-state index is 13.9. The molecule has 29 heavy (non-hydrogen) atoms. The fourth-order valence-electron chi connectivity index (χ4n) is 4.10. The number of hydrogen-bond donors (Lipinski definition) is 1. The second-order valence-electron chi connectivity index (χ2n) is 9.04. The van der Waals surface area contributed by atoms with Gasteiger partial charge in [0.15, 0.2) is 11.7 Å². The van der Waals surface area contributed by atoms with Crippen LogP contribution in [0.15, 0.2) is 34.9 Å². The lowest BCUT2D eigenvalue weighted by molar-refractivity contribution is -0.121. The number of amides is 1. The molecule has 1 fully saturated rings. The number of oxazole rings is 1. The number of rotatable bonds is 7. The van der Waals surface area contributed by atoms with Crippen LogP contribution >= 0.6 is 0 Å². The zero-order chi connectivity index (χ0) is 21.0. The highest BCUT2D eigenvalue weighted by atomic mass is 19.1. The number of likely N-dealkylation sites (tertiary alicyclic amines) is 1. The van der Waals surface area contributed by atoms with Crippen LogP contribution in [0.2, 0.25) is 0 Å². The van der Waals surface area contributed by atoms with Gasteiger partial charge in [0.05, 0.1) is 11.8 Å². The van der Waals surface area contributed by atoms with E-state index >= 15 is 0 Å². The van der Waals surface area contributed by atoms with Gasteiger partial charge in [0, 0.05) is 38.0 Å². The van der Waals surface area contributed by atoms with Crippen molar-refractivity contribution in [2.45, 2.75) is 52.5 Å². The molecule has 1 saturated heterocycles. The first-order chi connectivity index (χ1) is 13.7. The van der Waals surface area contributed by atoms with Gasteiger partial charge in [0.2, 0.25) is 5.91 Å². The molecule has 3 rings (SSSR count). The smallest absolute Gasteiger partial charge is 0.220 e. The van der Waals surface area contributed by atoms with Gasteiger partial charge < -0.3 is 9.73 Å². The highest BCUT2D eigenvalue weighted by Gasteiger charge is 2.32. The number of nitrogens with zero attached hydrogens (tertiary/aromatic N) is 2. The first kappa shape index (κ1) is 21.5. The third-order valence-corrected chi connectivity index (χ3v) is 5.70. The summed E-state index contributed by atoms with van der Waals surface area (Å²) < 4.78 is 19.5. The van der Waals surface area contributed by atoms with Crippen molar-refractivity contribution in [2.75, 3.05) is 19.6 Å². The number of carbonyl (C=O) groups excluding carboxylic acids is 1. The van der Waals surface area contributed by atoms with E-state index in [-0.39, 0.29) is 17.3 Å². The van der Waals surface area contributed by atoms with Gasteiger partial charge in [-0.1, -0.05) is 26.0 Å². The van der Waals surface area contributed by atoms with Crippen molar-refractivity contribution >= 4 is 5.91 Å². The summed E-state index contributed by atoms with van der Waals surface area (Å²) in [7, 11) is 0. The third-order valence-electron chi connectivity index (χ3n) is 5.70. The predicted molar refractivity (Wildman–Crippen MR) is 112 cm³/mol. The van der Waals surface area contributed by atoms with Gasteiger partial charge in [0.1, 0.15) is 5.82 Å². The van der Waals surface area contributed by atoms with Crippen LogP contribution in [0.4, 0.5) is 4.39 Å². The van der Waals surface area contributed by atoms with Gasteiger partial charge in [-0.25, -0.2) is 9.37 Å². The maximum Gasteiger partial charge on any atom is 0.220 e. The topological polar surface area (TPSA) is 58.4 Å². The number of nitrogens with one attached hydrogen (secondary N) is 1. The zero-order valence-electron chi connectivity index (χ0n) is 17.9. The highest BCUT2D eigenvalue weighted by Crippen LogP contribution is 2.27. The molecule has 2 atom stereocenters. The fourth-order valence-corrected chi connectivity index (χ4v) is 4.10. The minimum absolute atomic E-state index is 0.0261. The Kier molecular flexibility index (Phi) is 6.73. The summed E-state index contributed by atoms with van der Waals surface area (Å²) in [5.74, 6) is 1.81. The van der Waals surface area contributed by atoms with E-state index in [1.165, 1.54) is 18.7 Å². The molecule has 0 saturated carbocycles. The number of aromatic nitrogens is 1. The molecule has 1 aliphatic heterocycles. The molecule has 0 spiro atoms. The van der Waals surface area contributed by atoms with E-state index < -0.39 is 0 Å². The number of aryl methyl sites for hydroxylation is 1. The molecule has 0 radical (unpaired) electrons. The Labute approximate surface area is 172 Å². The summed E-state index contributed by atoms with van der Waals surface area (Å²) in [5.41, 5.74) is 0.293. The molecule has 0 bridgehead atoms. The predicted octanol–water partition coefficient (Wildman–Crippen LogP) is 4.29. The van der Waals surface area contributed by atoms with E-state index in [4.69, 9.17) is 4.42 Å². The van der Waals surface area contributed by atoms with E-state index in [0.29, 0.717) is 48.4 Å². The van der Waals surface area contributed by atoms with Crippen molar-refractivity contribution < 1.29 is 13.6 Å². The molecule has 1 N–H and O–H groups in total. The number of benzene rings is 1. The van der Waals surface area contributed by atoms with Crippen LogP contribution in [0.25, 0.3) is 11.3 Å². The Balaban J connectivity index is 1.48. The quantitative estimate of drug-likeness (QED) is 0.752. The van der Waals surface area contributed by atoms with Crippen molar-refractivity contribution in [1.82, 2.24) is 15.2 Å². The number of piperidine rings is 1. The van der Waals surface area contributed by atoms with Crippen molar-refractivity contribution in [1.29, 1.82) is 0 Å². The second-order valence-corrected chi connectivity index (χ2v) is 9.04. The van der Waals surface area contributed by atoms with Gasteiger partial charge in [0.25, 0.3) is 0 Å². The molecule has 6 heteroatoms. The van der Waals surface area contributed by atoms with Gasteiger partial charge in [-0.05, 0) is 44.2 Å². The van der Waals surface area contributed by atoms with E-state index in [9.17, 15) is 9.18 Å². The highest BCUT2D eigenvalue weighted by molar-refractivity contribution is 5.76. The number of halogens is 1. The normalized spacial score (nSPS) is 20.6. The van der Waals surface area contributed by atoms with Crippen LogP contribution in [0.1, 0.15) is 46.4 Å². The molecule has 2 unspecified atom stereocenters. The summed E-state index contributed by atoms with van der Waals surface area (Å²) >= 11 is 0. The first-order valence-electron chi connectivity index (χ1n) is 10.5. The molecule has 1 aliphatic rings. The molecule has 1 aromatic carbocycles. The maximum absolute atomic E-state index is 13.9. The van der Waals surface area contributed by atoms with Gasteiger partial charge >= 0.3 is 0 Å². The number of carbonyl (C=O) groups is 1. The Hall–Kier alpha value is -2.21. The Bertz CT molecular complexity index is 823. The SMILES string of the molecule is CC1CC(C)CN(C(C)(C)CNC(=O)CCc2ncc(-c3ccccc3F)o2)C1. The summed E-state index contributed by atoms with van der Waals surface area (Å²) in [6, 6.07) is 6.42. The van der Waals surface area contributed by atoms with Crippen LogP contribution in [-0.2, 0) is 11.2 Å². The average molecular weight is 402 g/mol. The minimum Gasteiger partial charge on any atom is -0.441 e. The molecule has 1 amide bonds. The molecular weight excluding hydrogens is 369 g/mol. The van der Waals surface area contributed by atoms with Crippen LogP contribution < -0.4 is 5.32 Å². The monoisotopic (exact) mass is 401 g/mol. The molecule has 158 valence electrons. The second kappa shape index (κ2) is 9.08. The standard InChI is InChI=1S/C23H32FN3O2/c1-16-11-17(2)14-27(13-16)23(3,4)15-26-21(28)9-10-22-25-12-20(29-22)18-7-5-6-8-19(18)24/h5-8,12,16-17H,9-11,13-15H2,1-4H3,(H,26,28). The van der Waals surface area contributed by atoms with Crippen molar-refractivity contribution in [3.8, 4) is 11.3 Å². The molecule has 0 aliphatic carbocycles. The molecule has 5 nitrogen and oxygen atoms in total. The van der Waals surface area contributed by atoms with Crippen LogP contribution in [0.3, 0.4) is 0 Å². The van der Waals surface area contributed by atoms with Crippen LogP contribution in [0, 0.1) is 17.7 Å². The van der Waals surface area contributed by atoms with Crippen molar-refractivity contribution in [2.24, 2.45) is 11.8 Å². The van der Waals surface area contributed by atoms with E-state index in [0.717, 1.165) is 13.1 Å². The zero-order valence-corrected chi connectivity index (χ0v) is 17.9. The van der Waals surface area contributed by atoms with Crippen LogP contribution in [0.5, 0.6) is 0 Å². The Morgan fingerprint density at radius 2 is 1.97 bits per heavy atom. The molecule has 2 aromatic rings. The lowest BCUT2D eigenvalue weighted by atomic mass is 9.88. The molecule has 2 heterocycles. The average Bonchev–Trinajstić information content (AvgIpc) is 3.13. The lowest BCUT2D eigenvalue weighted by Gasteiger charge is -2.45. The van der Waals surface area contributed by atoms with Gasteiger partial charge in [-0.2, -0.15) is 0 Å². The van der Waals surface area contributed by atoms with Gasteiger partial charge in [-0.3, -0.25) is 9.69 Å². The first-order valence-corrected chi connectivity index (χ1v) is 10.5. The van der Waals surface area contributed by atoms with Crippen molar-refractivity contribution in [3.05, 3.63) is 42.2 Å². The Morgan fingerprint density at radius 3 is 2.66 bits per heavy atom. The van der Waals surface area contributed by atoms with Crippen LogP contribution in [-0.4, -0.2) is 41.0 Å². The summed E-state index contributed by atoms with van der Waals surface area (Å²) in [6.07, 6.45) is 3.45. The van der Waals surface area contributed by atoms with Crippen molar-refractivity contribution in [3.63, 3.8) is 0 Å². The summed E-state index contributed by atoms with van der Waals surface area (Å²) in [6.45, 7) is 11.7. The minimum atomic E-state index is -0.350. The van der Waals surface area contributed by atoms with E-state index in [2.05, 4.69) is 42.9 Å². The van der Waals surface area contributed by atoms with Gasteiger partial charge in [-0.15, -0.1) is 0 Å². The van der Waals surface area contributed by atoms with E-state index in [1.807, 2.05) is 0 Å². The molecular formula is C23H32FN3O2. The Morgan fingerprint density at radius 1 is 1.28 bits per heavy atom. The largest absolute Gasteiger partial charge is 0.441 e. The number of hydrogen-bond acceptors (Lipinski definition) is 4. The molecule has 1 aromatic heterocycles. The van der Waals surface area contributed by atoms with E-state index in [1.54, 1.807) is 18.2 Å². The lowest BCUT2D eigenvalue weighted by Crippen LogP contribution is -2.56. The fraction of sp³-hybridized carbons (Fsp3) is 0.565.